The standard InChI is InChI=1S/C13H11BrCl2S/c14-8-10(7-12-4-5-13(16)17-12)9-2-1-3-11(15)6-9/h1-6,10H,7-8H2. The first-order valence-corrected chi connectivity index (χ1v) is 7.94. The average molecular weight is 350 g/mol. The minimum atomic E-state index is 0.434. The molecule has 0 amide bonds. The molecule has 1 atom stereocenters. The van der Waals surface area contributed by atoms with E-state index in [0.717, 1.165) is 21.1 Å². The lowest BCUT2D eigenvalue weighted by Crippen LogP contribution is -2.03. The van der Waals surface area contributed by atoms with Gasteiger partial charge in [-0.05, 0) is 42.2 Å². The van der Waals surface area contributed by atoms with Crippen LogP contribution in [0.4, 0.5) is 0 Å². The van der Waals surface area contributed by atoms with Gasteiger partial charge in [0.1, 0.15) is 0 Å². The average Bonchev–Trinajstić information content (AvgIpc) is 2.72. The van der Waals surface area contributed by atoms with Crippen LogP contribution in [-0.4, -0.2) is 5.33 Å². The number of thiophene rings is 1. The van der Waals surface area contributed by atoms with E-state index in [1.807, 2.05) is 24.3 Å². The van der Waals surface area contributed by atoms with E-state index in [-0.39, 0.29) is 0 Å². The highest BCUT2D eigenvalue weighted by molar-refractivity contribution is 9.09. The number of rotatable bonds is 4. The molecular formula is C13H11BrCl2S. The van der Waals surface area contributed by atoms with Gasteiger partial charge in [-0.25, -0.2) is 0 Å². The second-order valence-electron chi connectivity index (χ2n) is 3.82. The summed E-state index contributed by atoms with van der Waals surface area (Å²) in [7, 11) is 0. The van der Waals surface area contributed by atoms with E-state index in [9.17, 15) is 0 Å². The van der Waals surface area contributed by atoms with Crippen LogP contribution in [0.2, 0.25) is 9.36 Å². The number of hydrogen-bond donors (Lipinski definition) is 0. The highest BCUT2D eigenvalue weighted by atomic mass is 79.9. The van der Waals surface area contributed by atoms with Crippen LogP contribution in [0.3, 0.4) is 0 Å². The Balaban J connectivity index is 2.16. The third-order valence-corrected chi connectivity index (χ3v) is 4.85. The number of hydrogen-bond acceptors (Lipinski definition) is 1. The van der Waals surface area contributed by atoms with Crippen molar-refractivity contribution in [3.8, 4) is 0 Å². The third kappa shape index (κ3) is 3.72. The molecule has 1 aromatic heterocycles. The quantitative estimate of drug-likeness (QED) is 0.614. The Kier molecular flexibility index (Phi) is 4.92. The topological polar surface area (TPSA) is 0 Å². The predicted molar refractivity (Wildman–Crippen MR) is 81.0 cm³/mol. The molecule has 0 saturated carbocycles. The predicted octanol–water partition coefficient (Wildman–Crippen LogP) is 5.78. The minimum Gasteiger partial charge on any atom is -0.128 e. The third-order valence-electron chi connectivity index (χ3n) is 2.58. The number of alkyl halides is 1. The molecule has 2 aromatic rings. The Morgan fingerprint density at radius 3 is 2.59 bits per heavy atom. The monoisotopic (exact) mass is 348 g/mol. The Morgan fingerprint density at radius 2 is 2.00 bits per heavy atom. The molecule has 0 nitrogen and oxygen atoms in total. The van der Waals surface area contributed by atoms with Crippen molar-refractivity contribution in [1.29, 1.82) is 0 Å². The van der Waals surface area contributed by atoms with Gasteiger partial charge >= 0.3 is 0 Å². The van der Waals surface area contributed by atoms with E-state index in [4.69, 9.17) is 23.2 Å². The van der Waals surface area contributed by atoms with Gasteiger partial charge in [0.2, 0.25) is 0 Å². The molecule has 1 aromatic carbocycles. The van der Waals surface area contributed by atoms with Crippen molar-refractivity contribution in [3.63, 3.8) is 0 Å². The zero-order valence-corrected chi connectivity index (χ0v) is 12.9. The molecule has 1 unspecified atom stereocenters. The normalized spacial score (nSPS) is 12.6. The lowest BCUT2D eigenvalue weighted by molar-refractivity contribution is 0.786. The number of benzene rings is 1. The van der Waals surface area contributed by atoms with Gasteiger partial charge in [0.15, 0.2) is 0 Å². The summed E-state index contributed by atoms with van der Waals surface area (Å²) in [6.07, 6.45) is 0.989. The molecule has 4 heteroatoms. The molecule has 1 heterocycles. The lowest BCUT2D eigenvalue weighted by Gasteiger charge is -2.13. The maximum atomic E-state index is 6.02. The highest BCUT2D eigenvalue weighted by Gasteiger charge is 2.12. The molecule has 0 fully saturated rings. The summed E-state index contributed by atoms with van der Waals surface area (Å²) in [5.41, 5.74) is 1.26. The van der Waals surface area contributed by atoms with Gasteiger partial charge < -0.3 is 0 Å². The Labute approximate surface area is 124 Å². The van der Waals surface area contributed by atoms with Crippen molar-refractivity contribution in [2.75, 3.05) is 5.33 Å². The largest absolute Gasteiger partial charge is 0.128 e. The molecule has 90 valence electrons. The molecule has 2 rings (SSSR count). The SMILES string of the molecule is Clc1cccc(C(CBr)Cc2ccc(Cl)s2)c1. The molecule has 0 saturated heterocycles. The summed E-state index contributed by atoms with van der Waals surface area (Å²) in [4.78, 5) is 1.31. The Bertz CT molecular complexity index is 496. The maximum Gasteiger partial charge on any atom is 0.0931 e. The van der Waals surface area contributed by atoms with E-state index in [2.05, 4.69) is 28.1 Å². The van der Waals surface area contributed by atoms with Crippen LogP contribution in [0, 0.1) is 0 Å². The van der Waals surface area contributed by atoms with Crippen LogP contribution >= 0.6 is 50.5 Å². The van der Waals surface area contributed by atoms with Crippen LogP contribution in [0.1, 0.15) is 16.4 Å². The first-order valence-electron chi connectivity index (χ1n) is 5.24. The second-order valence-corrected chi connectivity index (χ2v) is 6.70. The summed E-state index contributed by atoms with van der Waals surface area (Å²) in [5, 5.41) is 1.71. The fourth-order valence-electron chi connectivity index (χ4n) is 1.73. The molecule has 0 radical (unpaired) electrons. The molecule has 0 spiro atoms. The Hall–Kier alpha value is -0.0200. The van der Waals surface area contributed by atoms with Crippen LogP contribution in [0.15, 0.2) is 36.4 Å². The van der Waals surface area contributed by atoms with E-state index in [1.165, 1.54) is 10.4 Å². The lowest BCUT2D eigenvalue weighted by atomic mass is 9.97. The van der Waals surface area contributed by atoms with E-state index in [1.54, 1.807) is 11.3 Å². The van der Waals surface area contributed by atoms with Crippen molar-refractivity contribution in [1.82, 2.24) is 0 Å². The first-order chi connectivity index (χ1) is 8.19. The van der Waals surface area contributed by atoms with Crippen molar-refractivity contribution in [2.24, 2.45) is 0 Å². The van der Waals surface area contributed by atoms with Crippen LogP contribution in [0.5, 0.6) is 0 Å². The van der Waals surface area contributed by atoms with E-state index < -0.39 is 0 Å². The molecule has 0 aliphatic carbocycles. The number of halogens is 3. The highest BCUT2D eigenvalue weighted by Crippen LogP contribution is 2.29. The van der Waals surface area contributed by atoms with Gasteiger partial charge in [-0.3, -0.25) is 0 Å². The van der Waals surface area contributed by atoms with Crippen molar-refractivity contribution in [3.05, 3.63) is 56.2 Å². The fourth-order valence-corrected chi connectivity index (χ4v) is 3.70. The van der Waals surface area contributed by atoms with Crippen molar-refractivity contribution < 1.29 is 0 Å². The molecule has 0 aliphatic heterocycles. The maximum absolute atomic E-state index is 6.02. The molecular weight excluding hydrogens is 339 g/mol. The summed E-state index contributed by atoms with van der Waals surface area (Å²) >= 11 is 17.2. The van der Waals surface area contributed by atoms with Gasteiger partial charge in [0.05, 0.1) is 4.34 Å². The zero-order valence-electron chi connectivity index (χ0n) is 9.00. The summed E-state index contributed by atoms with van der Waals surface area (Å²) < 4.78 is 0.847. The zero-order chi connectivity index (χ0) is 12.3. The first kappa shape index (κ1) is 13.4. The van der Waals surface area contributed by atoms with Gasteiger partial charge in [-0.2, -0.15) is 0 Å². The summed E-state index contributed by atoms with van der Waals surface area (Å²) in [6.45, 7) is 0. The second kappa shape index (κ2) is 6.24. The molecule has 0 aliphatic rings. The molecule has 0 N–H and O–H groups in total. The smallest absolute Gasteiger partial charge is 0.0931 e. The van der Waals surface area contributed by atoms with Crippen LogP contribution < -0.4 is 0 Å². The van der Waals surface area contributed by atoms with Gasteiger partial charge in [0, 0.05) is 15.2 Å². The molecule has 0 bridgehead atoms. The van der Waals surface area contributed by atoms with E-state index in [0.29, 0.717) is 5.92 Å². The minimum absolute atomic E-state index is 0.434. The fraction of sp³-hybridized carbons (Fsp3) is 0.231. The van der Waals surface area contributed by atoms with Crippen LogP contribution in [0.25, 0.3) is 0 Å². The van der Waals surface area contributed by atoms with Crippen molar-refractivity contribution >= 4 is 50.5 Å². The Morgan fingerprint density at radius 1 is 1.18 bits per heavy atom. The summed E-state index contributed by atoms with van der Waals surface area (Å²) in [6, 6.07) is 12.1. The van der Waals surface area contributed by atoms with Gasteiger partial charge in [0.25, 0.3) is 0 Å². The van der Waals surface area contributed by atoms with Gasteiger partial charge in [-0.15, -0.1) is 11.3 Å². The van der Waals surface area contributed by atoms with Crippen LogP contribution in [-0.2, 0) is 6.42 Å². The van der Waals surface area contributed by atoms with Gasteiger partial charge in [-0.1, -0.05) is 51.3 Å². The van der Waals surface area contributed by atoms with E-state index >= 15 is 0 Å². The van der Waals surface area contributed by atoms with Crippen molar-refractivity contribution in [2.45, 2.75) is 12.3 Å². The molecule has 17 heavy (non-hydrogen) atoms. The summed E-state index contributed by atoms with van der Waals surface area (Å²) in [5.74, 6) is 0.434.